The van der Waals surface area contributed by atoms with E-state index in [9.17, 15) is 0 Å². The maximum atomic E-state index is 2.35. The fourth-order valence-corrected chi connectivity index (χ4v) is 1.24. The minimum atomic E-state index is 0.931. The molecular weight excluding hydrogens is 144 g/mol. The van der Waals surface area contributed by atoms with Crippen LogP contribution in [0.4, 0.5) is 0 Å². The Morgan fingerprint density at radius 2 is 1.83 bits per heavy atom. The summed E-state index contributed by atoms with van der Waals surface area (Å²) in [5.41, 5.74) is 0. The Kier molecular flexibility index (Phi) is 8.64. The summed E-state index contributed by atoms with van der Waals surface area (Å²) in [5.74, 6) is 0.931. The molecule has 0 spiro atoms. The van der Waals surface area contributed by atoms with Crippen LogP contribution >= 0.6 is 0 Å². The lowest BCUT2D eigenvalue weighted by molar-refractivity contribution is 0.486. The van der Waals surface area contributed by atoms with Gasteiger partial charge in [0.05, 0.1) is 0 Å². The summed E-state index contributed by atoms with van der Waals surface area (Å²) in [6, 6.07) is 0. The summed E-state index contributed by atoms with van der Waals surface area (Å²) in [4.78, 5) is 0. The normalized spacial score (nSPS) is 13.9. The minimum Gasteiger partial charge on any atom is -0.0888 e. The zero-order chi connectivity index (χ0) is 9.23. The smallest absolute Gasteiger partial charge is 0.0351 e. The molecule has 0 nitrogen and oxygen atoms in total. The molecule has 72 valence electrons. The average Bonchev–Trinajstić information content (AvgIpc) is 2.10. The van der Waals surface area contributed by atoms with E-state index in [1.54, 1.807) is 0 Å². The standard InChI is InChI=1S/C12H24/c1-4-6-7-8-9-10-11-12(3)5-2/h6-7,12H,4-5,8-11H2,1-3H3. The molecular formula is C12H24. The molecule has 0 radical (unpaired) electrons. The molecule has 0 saturated heterocycles. The van der Waals surface area contributed by atoms with Gasteiger partial charge in [-0.2, -0.15) is 0 Å². The van der Waals surface area contributed by atoms with E-state index >= 15 is 0 Å². The van der Waals surface area contributed by atoms with Crippen LogP contribution in [0.1, 0.15) is 59.3 Å². The second kappa shape index (κ2) is 8.83. The lowest BCUT2D eigenvalue weighted by Gasteiger charge is -2.05. The van der Waals surface area contributed by atoms with Gasteiger partial charge in [0.15, 0.2) is 0 Å². The summed E-state index contributed by atoms with van der Waals surface area (Å²) in [7, 11) is 0. The highest BCUT2D eigenvalue weighted by Crippen LogP contribution is 2.12. The molecule has 1 unspecified atom stereocenters. The van der Waals surface area contributed by atoms with E-state index in [1.165, 1.54) is 38.5 Å². The van der Waals surface area contributed by atoms with Crippen LogP contribution in [0.25, 0.3) is 0 Å². The second-order valence-electron chi connectivity index (χ2n) is 3.68. The van der Waals surface area contributed by atoms with Gasteiger partial charge in [-0.15, -0.1) is 0 Å². The Balaban J connectivity index is 3.05. The van der Waals surface area contributed by atoms with Crippen LogP contribution in [0.15, 0.2) is 12.2 Å². The van der Waals surface area contributed by atoms with Gasteiger partial charge in [0.2, 0.25) is 0 Å². The van der Waals surface area contributed by atoms with Crippen LogP contribution in [0.3, 0.4) is 0 Å². The highest BCUT2D eigenvalue weighted by molar-refractivity contribution is 4.79. The van der Waals surface area contributed by atoms with Gasteiger partial charge in [-0.1, -0.05) is 52.2 Å². The van der Waals surface area contributed by atoms with Crippen molar-refractivity contribution in [3.63, 3.8) is 0 Å². The number of allylic oxidation sites excluding steroid dienone is 2. The van der Waals surface area contributed by atoms with Crippen molar-refractivity contribution in [2.75, 3.05) is 0 Å². The highest BCUT2D eigenvalue weighted by atomic mass is 14.0. The van der Waals surface area contributed by atoms with E-state index < -0.39 is 0 Å². The molecule has 0 aliphatic rings. The first-order chi connectivity index (χ1) is 5.81. The van der Waals surface area contributed by atoms with Crippen LogP contribution in [-0.2, 0) is 0 Å². The van der Waals surface area contributed by atoms with Crippen molar-refractivity contribution < 1.29 is 0 Å². The highest BCUT2D eigenvalue weighted by Gasteiger charge is 1.96. The fourth-order valence-electron chi connectivity index (χ4n) is 1.24. The van der Waals surface area contributed by atoms with Crippen LogP contribution in [0, 0.1) is 5.92 Å². The molecule has 0 amide bonds. The molecule has 0 aliphatic heterocycles. The number of unbranched alkanes of at least 4 members (excludes halogenated alkanes) is 2. The monoisotopic (exact) mass is 168 g/mol. The Morgan fingerprint density at radius 1 is 1.08 bits per heavy atom. The third-order valence-electron chi connectivity index (χ3n) is 2.42. The lowest BCUT2D eigenvalue weighted by atomic mass is 10.0. The molecule has 0 fully saturated rings. The zero-order valence-electron chi connectivity index (χ0n) is 8.97. The van der Waals surface area contributed by atoms with Crippen LogP contribution < -0.4 is 0 Å². The number of hydrogen-bond acceptors (Lipinski definition) is 0. The Morgan fingerprint density at radius 3 is 2.42 bits per heavy atom. The van der Waals surface area contributed by atoms with E-state index in [4.69, 9.17) is 0 Å². The van der Waals surface area contributed by atoms with Crippen molar-refractivity contribution in [2.24, 2.45) is 5.92 Å². The molecule has 0 rings (SSSR count). The van der Waals surface area contributed by atoms with Gasteiger partial charge in [-0.25, -0.2) is 0 Å². The molecule has 0 heterocycles. The molecule has 0 aromatic carbocycles. The third kappa shape index (κ3) is 7.84. The third-order valence-corrected chi connectivity index (χ3v) is 2.42. The molecule has 0 heteroatoms. The number of hydrogen-bond donors (Lipinski definition) is 0. The van der Waals surface area contributed by atoms with Crippen molar-refractivity contribution in [1.82, 2.24) is 0 Å². The second-order valence-corrected chi connectivity index (χ2v) is 3.68. The first kappa shape index (κ1) is 11.7. The zero-order valence-corrected chi connectivity index (χ0v) is 8.97. The molecule has 0 aromatic rings. The van der Waals surface area contributed by atoms with Gasteiger partial charge in [0, 0.05) is 0 Å². The summed E-state index contributed by atoms with van der Waals surface area (Å²) in [6.45, 7) is 6.82. The first-order valence-corrected chi connectivity index (χ1v) is 5.46. The Hall–Kier alpha value is -0.260. The molecule has 0 aliphatic carbocycles. The van der Waals surface area contributed by atoms with E-state index in [-0.39, 0.29) is 0 Å². The van der Waals surface area contributed by atoms with Gasteiger partial charge < -0.3 is 0 Å². The molecule has 0 saturated carbocycles. The quantitative estimate of drug-likeness (QED) is 0.386. The summed E-state index contributed by atoms with van der Waals surface area (Å²) >= 11 is 0. The molecule has 1 atom stereocenters. The Bertz CT molecular complexity index is 103. The van der Waals surface area contributed by atoms with E-state index in [0.29, 0.717) is 0 Å². The average molecular weight is 168 g/mol. The predicted octanol–water partition coefficient (Wildman–Crippen LogP) is 4.56. The topological polar surface area (TPSA) is 0 Å². The lowest BCUT2D eigenvalue weighted by Crippen LogP contribution is -1.90. The van der Waals surface area contributed by atoms with Crippen molar-refractivity contribution in [2.45, 2.75) is 59.3 Å². The summed E-state index contributed by atoms with van der Waals surface area (Å²) in [6.07, 6.45) is 12.6. The van der Waals surface area contributed by atoms with E-state index in [2.05, 4.69) is 32.9 Å². The van der Waals surface area contributed by atoms with Crippen molar-refractivity contribution in [3.05, 3.63) is 12.2 Å². The minimum absolute atomic E-state index is 0.931. The van der Waals surface area contributed by atoms with Crippen LogP contribution in [0.2, 0.25) is 0 Å². The van der Waals surface area contributed by atoms with Gasteiger partial charge >= 0.3 is 0 Å². The van der Waals surface area contributed by atoms with Gasteiger partial charge in [0.25, 0.3) is 0 Å². The SMILES string of the molecule is CCC=CCCCCC(C)CC. The fraction of sp³-hybridized carbons (Fsp3) is 0.833. The van der Waals surface area contributed by atoms with Crippen molar-refractivity contribution >= 4 is 0 Å². The maximum absolute atomic E-state index is 2.35. The molecule has 0 bridgehead atoms. The predicted molar refractivity (Wildman–Crippen MR) is 57.4 cm³/mol. The number of rotatable bonds is 7. The van der Waals surface area contributed by atoms with Crippen molar-refractivity contribution in [1.29, 1.82) is 0 Å². The first-order valence-electron chi connectivity index (χ1n) is 5.46. The van der Waals surface area contributed by atoms with Crippen molar-refractivity contribution in [3.8, 4) is 0 Å². The van der Waals surface area contributed by atoms with Gasteiger partial charge in [-0.3, -0.25) is 0 Å². The summed E-state index contributed by atoms with van der Waals surface area (Å²) in [5, 5.41) is 0. The molecule has 0 aromatic heterocycles. The molecule has 0 N–H and O–H groups in total. The van der Waals surface area contributed by atoms with E-state index in [0.717, 1.165) is 5.92 Å². The maximum Gasteiger partial charge on any atom is -0.0351 e. The van der Waals surface area contributed by atoms with E-state index in [1.807, 2.05) is 0 Å². The van der Waals surface area contributed by atoms with Gasteiger partial charge in [0.1, 0.15) is 0 Å². The van der Waals surface area contributed by atoms with Crippen LogP contribution in [0.5, 0.6) is 0 Å². The van der Waals surface area contributed by atoms with Crippen LogP contribution in [-0.4, -0.2) is 0 Å². The molecule has 12 heavy (non-hydrogen) atoms. The largest absolute Gasteiger partial charge is 0.0888 e. The Labute approximate surface area is 78.1 Å². The summed E-state index contributed by atoms with van der Waals surface area (Å²) < 4.78 is 0. The van der Waals surface area contributed by atoms with Gasteiger partial charge in [-0.05, 0) is 25.2 Å².